The summed E-state index contributed by atoms with van der Waals surface area (Å²) in [6.07, 6.45) is 3.17. The number of nitrogens with two attached hydrogens (primary N) is 1. The average Bonchev–Trinajstić information content (AvgIpc) is 3.01. The minimum atomic E-state index is -0.543. The second kappa shape index (κ2) is 6.89. The van der Waals surface area contributed by atoms with Gasteiger partial charge in [-0.3, -0.25) is 9.59 Å². The van der Waals surface area contributed by atoms with Crippen molar-refractivity contribution in [3.63, 3.8) is 0 Å². The summed E-state index contributed by atoms with van der Waals surface area (Å²) in [6, 6.07) is 4.37. The lowest BCUT2D eigenvalue weighted by molar-refractivity contribution is -0.117. The summed E-state index contributed by atoms with van der Waals surface area (Å²) in [6.45, 7) is 3.74. The standard InChI is InChI=1S/C18H24FN3O2/c1-12(20)13-4-2-8-21(11-13)18(24)15-10-14(6-7-16(15)19)22-9-3-5-17(22)23/h6-7,10,12-13H,2-5,8-9,11,20H2,1H3/t12-,13-/m0/s1. The molecule has 2 amide bonds. The predicted molar refractivity (Wildman–Crippen MR) is 90.3 cm³/mol. The molecule has 0 radical (unpaired) electrons. The lowest BCUT2D eigenvalue weighted by Crippen LogP contribution is -2.45. The first kappa shape index (κ1) is 16.9. The molecule has 3 rings (SSSR count). The van der Waals surface area contributed by atoms with Gasteiger partial charge in [0.25, 0.3) is 5.91 Å². The second-order valence-electron chi connectivity index (χ2n) is 6.83. The van der Waals surface area contributed by atoms with E-state index in [0.29, 0.717) is 31.7 Å². The molecule has 130 valence electrons. The number of nitrogens with zero attached hydrogens (tertiary/aromatic N) is 2. The van der Waals surface area contributed by atoms with Crippen LogP contribution >= 0.6 is 0 Å². The topological polar surface area (TPSA) is 66.6 Å². The molecule has 2 atom stereocenters. The normalized spacial score (nSPS) is 22.8. The number of likely N-dealkylation sites (tertiary alicyclic amines) is 1. The first-order valence-electron chi connectivity index (χ1n) is 8.62. The molecular weight excluding hydrogens is 309 g/mol. The number of piperidine rings is 1. The Bertz CT molecular complexity index is 647. The van der Waals surface area contributed by atoms with Crippen molar-refractivity contribution in [1.82, 2.24) is 4.90 Å². The Morgan fingerprint density at radius 2 is 2.12 bits per heavy atom. The van der Waals surface area contributed by atoms with Crippen molar-refractivity contribution in [2.45, 2.75) is 38.6 Å². The quantitative estimate of drug-likeness (QED) is 0.922. The molecular formula is C18H24FN3O2. The largest absolute Gasteiger partial charge is 0.338 e. The number of amides is 2. The van der Waals surface area contributed by atoms with Crippen LogP contribution in [0.1, 0.15) is 43.0 Å². The van der Waals surface area contributed by atoms with E-state index >= 15 is 0 Å². The fraction of sp³-hybridized carbons (Fsp3) is 0.556. The summed E-state index contributed by atoms with van der Waals surface area (Å²) in [5, 5.41) is 0. The third kappa shape index (κ3) is 3.29. The van der Waals surface area contributed by atoms with Crippen LogP contribution in [0.5, 0.6) is 0 Å². The van der Waals surface area contributed by atoms with Gasteiger partial charge in [-0.1, -0.05) is 0 Å². The van der Waals surface area contributed by atoms with Crippen molar-refractivity contribution in [1.29, 1.82) is 0 Å². The summed E-state index contributed by atoms with van der Waals surface area (Å²) in [5.41, 5.74) is 6.60. The van der Waals surface area contributed by atoms with Gasteiger partial charge in [0.2, 0.25) is 5.91 Å². The molecule has 2 saturated heterocycles. The smallest absolute Gasteiger partial charge is 0.256 e. The fourth-order valence-electron chi connectivity index (χ4n) is 3.56. The molecule has 24 heavy (non-hydrogen) atoms. The molecule has 2 heterocycles. The van der Waals surface area contributed by atoms with Crippen molar-refractivity contribution in [3.05, 3.63) is 29.6 Å². The van der Waals surface area contributed by atoms with Gasteiger partial charge in [-0.25, -0.2) is 4.39 Å². The van der Waals surface area contributed by atoms with Crippen LogP contribution in [-0.2, 0) is 4.79 Å². The highest BCUT2D eigenvalue weighted by Crippen LogP contribution is 2.26. The van der Waals surface area contributed by atoms with Crippen molar-refractivity contribution >= 4 is 17.5 Å². The monoisotopic (exact) mass is 333 g/mol. The van der Waals surface area contributed by atoms with E-state index in [2.05, 4.69) is 0 Å². The highest BCUT2D eigenvalue weighted by atomic mass is 19.1. The summed E-state index contributed by atoms with van der Waals surface area (Å²) < 4.78 is 14.2. The third-order valence-corrected chi connectivity index (χ3v) is 5.05. The summed E-state index contributed by atoms with van der Waals surface area (Å²) in [5.74, 6) is -0.589. The van der Waals surface area contributed by atoms with E-state index in [-0.39, 0.29) is 29.3 Å². The second-order valence-corrected chi connectivity index (χ2v) is 6.83. The van der Waals surface area contributed by atoms with Crippen LogP contribution in [0.4, 0.5) is 10.1 Å². The van der Waals surface area contributed by atoms with E-state index < -0.39 is 5.82 Å². The molecule has 0 unspecified atom stereocenters. The average molecular weight is 333 g/mol. The molecule has 0 bridgehead atoms. The number of carbonyl (C=O) groups is 2. The maximum atomic E-state index is 14.2. The van der Waals surface area contributed by atoms with Crippen molar-refractivity contribution in [2.24, 2.45) is 11.7 Å². The maximum absolute atomic E-state index is 14.2. The molecule has 0 aliphatic carbocycles. The number of rotatable bonds is 3. The van der Waals surface area contributed by atoms with Gasteiger partial charge in [0, 0.05) is 37.8 Å². The molecule has 1 aromatic carbocycles. The van der Waals surface area contributed by atoms with Gasteiger partial charge in [0.05, 0.1) is 5.56 Å². The van der Waals surface area contributed by atoms with Gasteiger partial charge in [0.1, 0.15) is 5.82 Å². The van der Waals surface area contributed by atoms with E-state index in [9.17, 15) is 14.0 Å². The van der Waals surface area contributed by atoms with Crippen LogP contribution in [0.25, 0.3) is 0 Å². The van der Waals surface area contributed by atoms with E-state index in [1.54, 1.807) is 15.9 Å². The molecule has 2 N–H and O–H groups in total. The molecule has 2 aliphatic heterocycles. The van der Waals surface area contributed by atoms with Gasteiger partial charge < -0.3 is 15.5 Å². The number of halogens is 1. The Morgan fingerprint density at radius 1 is 1.33 bits per heavy atom. The van der Waals surface area contributed by atoms with E-state index in [1.165, 1.54) is 12.1 Å². The molecule has 1 aromatic rings. The van der Waals surface area contributed by atoms with Crippen molar-refractivity contribution in [2.75, 3.05) is 24.5 Å². The fourth-order valence-corrected chi connectivity index (χ4v) is 3.56. The summed E-state index contributed by atoms with van der Waals surface area (Å²) in [4.78, 5) is 28.0. The molecule has 6 heteroatoms. The first-order valence-corrected chi connectivity index (χ1v) is 8.62. The van der Waals surface area contributed by atoms with E-state index in [0.717, 1.165) is 19.3 Å². The molecule has 0 aromatic heterocycles. The van der Waals surface area contributed by atoms with Crippen LogP contribution in [0, 0.1) is 11.7 Å². The number of carbonyl (C=O) groups excluding carboxylic acids is 2. The van der Waals surface area contributed by atoms with Crippen LogP contribution < -0.4 is 10.6 Å². The summed E-state index contributed by atoms with van der Waals surface area (Å²) >= 11 is 0. The van der Waals surface area contributed by atoms with E-state index in [1.807, 2.05) is 6.92 Å². The third-order valence-electron chi connectivity index (χ3n) is 5.05. The van der Waals surface area contributed by atoms with Gasteiger partial charge in [-0.15, -0.1) is 0 Å². The lowest BCUT2D eigenvalue weighted by atomic mass is 9.92. The first-order chi connectivity index (χ1) is 11.5. The highest BCUT2D eigenvalue weighted by molar-refractivity contribution is 5.99. The number of anilines is 1. The molecule has 2 aliphatic rings. The lowest BCUT2D eigenvalue weighted by Gasteiger charge is -2.34. The summed E-state index contributed by atoms with van der Waals surface area (Å²) in [7, 11) is 0. The SMILES string of the molecule is C[C@H](N)[C@H]1CCCN(C(=O)c2cc(N3CCCC3=O)ccc2F)C1. The minimum Gasteiger partial charge on any atom is -0.338 e. The number of hydrogen-bond donors (Lipinski definition) is 1. The maximum Gasteiger partial charge on any atom is 0.256 e. The van der Waals surface area contributed by atoms with Gasteiger partial charge >= 0.3 is 0 Å². The number of benzene rings is 1. The zero-order chi connectivity index (χ0) is 17.3. The molecule has 2 fully saturated rings. The van der Waals surface area contributed by atoms with Crippen LogP contribution in [0.3, 0.4) is 0 Å². The number of hydrogen-bond acceptors (Lipinski definition) is 3. The Hall–Kier alpha value is -1.95. The van der Waals surface area contributed by atoms with Gasteiger partial charge in [0.15, 0.2) is 0 Å². The Kier molecular flexibility index (Phi) is 4.85. The van der Waals surface area contributed by atoms with Crippen molar-refractivity contribution in [3.8, 4) is 0 Å². The van der Waals surface area contributed by atoms with Crippen molar-refractivity contribution < 1.29 is 14.0 Å². The van der Waals surface area contributed by atoms with Crippen LogP contribution in [-0.4, -0.2) is 42.4 Å². The molecule has 5 nitrogen and oxygen atoms in total. The Morgan fingerprint density at radius 3 is 2.79 bits per heavy atom. The van der Waals surface area contributed by atoms with E-state index in [4.69, 9.17) is 5.73 Å². The zero-order valence-electron chi connectivity index (χ0n) is 14.0. The predicted octanol–water partition coefficient (Wildman–Crippen LogP) is 2.15. The van der Waals surface area contributed by atoms with Crippen LogP contribution in [0.15, 0.2) is 18.2 Å². The molecule has 0 spiro atoms. The zero-order valence-corrected chi connectivity index (χ0v) is 14.0. The highest BCUT2D eigenvalue weighted by Gasteiger charge is 2.29. The Balaban J connectivity index is 1.82. The van der Waals surface area contributed by atoms with Gasteiger partial charge in [-0.2, -0.15) is 0 Å². The minimum absolute atomic E-state index is 0.0130. The molecule has 0 saturated carbocycles. The van der Waals surface area contributed by atoms with Crippen LogP contribution in [0.2, 0.25) is 0 Å². The Labute approximate surface area is 141 Å². The van der Waals surface area contributed by atoms with Gasteiger partial charge in [-0.05, 0) is 50.3 Å².